The zero-order valence-electron chi connectivity index (χ0n) is 19.9. The molecule has 0 atom stereocenters. The molecule has 6 heteroatoms. The standard InChI is InChI=1S/C31H22F3IO2/c1-36-25-15-16-26-27(17-25)29(37-19-20-5-3-2-4-6-20)18-28(35)30(26)23-9-7-21(8-10-23)22-11-13-24(14-12-22)31(32,33)34/h2-18H,19H2,1H3. The Morgan fingerprint density at radius 3 is 1.95 bits per heavy atom. The van der Waals surface area contributed by atoms with E-state index in [1.165, 1.54) is 12.1 Å². The smallest absolute Gasteiger partial charge is 0.416 e. The minimum atomic E-state index is -4.35. The van der Waals surface area contributed by atoms with Crippen molar-refractivity contribution in [3.63, 3.8) is 0 Å². The number of hydrogen-bond donors (Lipinski definition) is 0. The highest BCUT2D eigenvalue weighted by molar-refractivity contribution is 14.1. The molecule has 0 heterocycles. The first-order valence-electron chi connectivity index (χ1n) is 11.6. The van der Waals surface area contributed by atoms with Crippen molar-refractivity contribution in [3.05, 3.63) is 118 Å². The Balaban J connectivity index is 1.51. The summed E-state index contributed by atoms with van der Waals surface area (Å²) in [6.45, 7) is 0.449. The number of hydrogen-bond acceptors (Lipinski definition) is 2. The van der Waals surface area contributed by atoms with Crippen LogP contribution < -0.4 is 9.47 Å². The van der Waals surface area contributed by atoms with E-state index < -0.39 is 11.7 Å². The van der Waals surface area contributed by atoms with Gasteiger partial charge in [-0.2, -0.15) is 13.2 Å². The molecule has 0 N–H and O–H groups in total. The number of methoxy groups -OCH3 is 1. The van der Waals surface area contributed by atoms with E-state index >= 15 is 0 Å². The molecule has 0 aliphatic heterocycles. The van der Waals surface area contributed by atoms with Crippen molar-refractivity contribution in [2.24, 2.45) is 0 Å². The number of alkyl halides is 3. The van der Waals surface area contributed by atoms with Crippen molar-refractivity contribution in [2.75, 3.05) is 7.11 Å². The molecule has 0 spiro atoms. The molecule has 0 aliphatic rings. The lowest BCUT2D eigenvalue weighted by atomic mass is 9.95. The molecule has 5 aromatic carbocycles. The van der Waals surface area contributed by atoms with Crippen LogP contribution in [0.2, 0.25) is 0 Å². The first-order valence-corrected chi connectivity index (χ1v) is 12.7. The molecule has 0 saturated heterocycles. The fourth-order valence-corrected chi connectivity index (χ4v) is 5.18. The van der Waals surface area contributed by atoms with Crippen LogP contribution in [0, 0.1) is 3.57 Å². The number of benzene rings is 5. The summed E-state index contributed by atoms with van der Waals surface area (Å²) in [7, 11) is 1.64. The fraction of sp³-hybridized carbons (Fsp3) is 0.0968. The zero-order valence-corrected chi connectivity index (χ0v) is 22.0. The summed E-state index contributed by atoms with van der Waals surface area (Å²) in [4.78, 5) is 0. The Labute approximate surface area is 226 Å². The first-order chi connectivity index (χ1) is 17.8. The Hall–Kier alpha value is -3.52. The lowest BCUT2D eigenvalue weighted by molar-refractivity contribution is -0.137. The molecule has 0 bridgehead atoms. The number of halogens is 4. The highest BCUT2D eigenvalue weighted by Crippen LogP contribution is 2.41. The molecule has 0 saturated carbocycles. The van der Waals surface area contributed by atoms with Crippen LogP contribution in [0.25, 0.3) is 33.0 Å². The van der Waals surface area contributed by atoms with Crippen molar-refractivity contribution < 1.29 is 22.6 Å². The van der Waals surface area contributed by atoms with Crippen LogP contribution in [0.3, 0.4) is 0 Å². The van der Waals surface area contributed by atoms with E-state index in [9.17, 15) is 13.2 Å². The van der Waals surface area contributed by atoms with E-state index in [0.717, 1.165) is 65.8 Å². The summed E-state index contributed by atoms with van der Waals surface area (Å²) in [5.41, 5.74) is 4.07. The Bertz CT molecular complexity index is 1530. The topological polar surface area (TPSA) is 18.5 Å². The first kappa shape index (κ1) is 25.1. The van der Waals surface area contributed by atoms with E-state index in [4.69, 9.17) is 9.47 Å². The molecule has 186 valence electrons. The third-order valence-corrected chi connectivity index (χ3v) is 7.07. The zero-order chi connectivity index (χ0) is 26.0. The van der Waals surface area contributed by atoms with Gasteiger partial charge in [-0.1, -0.05) is 66.7 Å². The predicted molar refractivity (Wildman–Crippen MR) is 150 cm³/mol. The van der Waals surface area contributed by atoms with Crippen molar-refractivity contribution in [3.8, 4) is 33.8 Å². The highest BCUT2D eigenvalue weighted by atomic mass is 127. The van der Waals surface area contributed by atoms with Crippen LogP contribution in [0.5, 0.6) is 11.5 Å². The largest absolute Gasteiger partial charge is 0.497 e. The Kier molecular flexibility index (Phi) is 7.11. The molecule has 0 aromatic heterocycles. The maximum atomic E-state index is 12.9. The minimum Gasteiger partial charge on any atom is -0.497 e. The predicted octanol–water partition coefficient (Wildman–Crippen LogP) is 9.38. The van der Waals surface area contributed by atoms with E-state index in [1.54, 1.807) is 7.11 Å². The molecule has 0 radical (unpaired) electrons. The quantitative estimate of drug-likeness (QED) is 0.179. The van der Waals surface area contributed by atoms with Gasteiger partial charge in [0.15, 0.2) is 0 Å². The molecule has 0 unspecified atom stereocenters. The van der Waals surface area contributed by atoms with E-state index in [0.29, 0.717) is 6.61 Å². The molecular weight excluding hydrogens is 588 g/mol. The van der Waals surface area contributed by atoms with Crippen LogP contribution >= 0.6 is 22.6 Å². The van der Waals surface area contributed by atoms with Gasteiger partial charge in [-0.15, -0.1) is 0 Å². The molecule has 0 amide bonds. The van der Waals surface area contributed by atoms with E-state index in [1.807, 2.05) is 78.9 Å². The minimum absolute atomic E-state index is 0.449. The van der Waals surface area contributed by atoms with Gasteiger partial charge in [-0.3, -0.25) is 0 Å². The molecular formula is C31H22F3IO2. The maximum absolute atomic E-state index is 12.9. The van der Waals surface area contributed by atoms with Crippen LogP contribution in [-0.4, -0.2) is 7.11 Å². The van der Waals surface area contributed by atoms with Gasteiger partial charge in [-0.05, 0) is 86.6 Å². The maximum Gasteiger partial charge on any atom is 0.416 e. The second kappa shape index (κ2) is 10.5. The monoisotopic (exact) mass is 610 g/mol. The lowest BCUT2D eigenvalue weighted by Gasteiger charge is -2.16. The van der Waals surface area contributed by atoms with Gasteiger partial charge in [0.25, 0.3) is 0 Å². The summed E-state index contributed by atoms with van der Waals surface area (Å²) in [6.07, 6.45) is -4.35. The summed E-state index contributed by atoms with van der Waals surface area (Å²) in [6, 6.07) is 31.1. The molecule has 5 rings (SSSR count). The van der Waals surface area contributed by atoms with Crippen molar-refractivity contribution in [1.29, 1.82) is 0 Å². The number of fused-ring (bicyclic) bond motifs is 1. The van der Waals surface area contributed by atoms with Gasteiger partial charge in [0, 0.05) is 14.5 Å². The highest BCUT2D eigenvalue weighted by Gasteiger charge is 2.30. The molecule has 37 heavy (non-hydrogen) atoms. The lowest BCUT2D eigenvalue weighted by Crippen LogP contribution is -2.03. The SMILES string of the molecule is COc1ccc2c(-c3ccc(-c4ccc(C(F)(F)F)cc4)cc3)c(I)cc(OCc3ccccc3)c2c1. The number of rotatable bonds is 6. The summed E-state index contributed by atoms with van der Waals surface area (Å²) in [5.74, 6) is 1.51. The number of ether oxygens (including phenoxy) is 2. The molecule has 5 aromatic rings. The summed E-state index contributed by atoms with van der Waals surface area (Å²) < 4.78 is 51.5. The van der Waals surface area contributed by atoms with E-state index in [2.05, 4.69) is 22.6 Å². The van der Waals surface area contributed by atoms with Crippen LogP contribution in [0.15, 0.2) is 103 Å². The Morgan fingerprint density at radius 1 is 0.703 bits per heavy atom. The van der Waals surface area contributed by atoms with Gasteiger partial charge in [0.05, 0.1) is 12.7 Å². The normalized spacial score (nSPS) is 11.5. The second-order valence-corrected chi connectivity index (χ2v) is 9.73. The summed E-state index contributed by atoms with van der Waals surface area (Å²) in [5, 5.41) is 1.97. The van der Waals surface area contributed by atoms with Crippen LogP contribution in [0.4, 0.5) is 13.2 Å². The molecule has 0 fully saturated rings. The van der Waals surface area contributed by atoms with Crippen molar-refractivity contribution in [1.82, 2.24) is 0 Å². The van der Waals surface area contributed by atoms with Crippen molar-refractivity contribution in [2.45, 2.75) is 12.8 Å². The second-order valence-electron chi connectivity index (χ2n) is 8.57. The van der Waals surface area contributed by atoms with Crippen molar-refractivity contribution >= 4 is 33.4 Å². The fourth-order valence-electron chi connectivity index (χ4n) is 4.29. The summed E-state index contributed by atoms with van der Waals surface area (Å²) >= 11 is 2.32. The van der Waals surface area contributed by atoms with Crippen LogP contribution in [0.1, 0.15) is 11.1 Å². The molecule has 2 nitrogen and oxygen atoms in total. The average Bonchev–Trinajstić information content (AvgIpc) is 2.92. The van der Waals surface area contributed by atoms with Gasteiger partial charge in [0.1, 0.15) is 18.1 Å². The third-order valence-electron chi connectivity index (χ3n) is 6.21. The van der Waals surface area contributed by atoms with Crippen LogP contribution in [-0.2, 0) is 12.8 Å². The van der Waals surface area contributed by atoms with Gasteiger partial charge >= 0.3 is 6.18 Å². The van der Waals surface area contributed by atoms with Gasteiger partial charge in [0.2, 0.25) is 0 Å². The van der Waals surface area contributed by atoms with Gasteiger partial charge in [-0.25, -0.2) is 0 Å². The van der Waals surface area contributed by atoms with E-state index in [-0.39, 0.29) is 0 Å². The third kappa shape index (κ3) is 5.44. The molecule has 0 aliphatic carbocycles. The Morgan fingerprint density at radius 2 is 1.32 bits per heavy atom. The van der Waals surface area contributed by atoms with Gasteiger partial charge < -0.3 is 9.47 Å². The average molecular weight is 610 g/mol.